The molecule has 0 spiro atoms. The summed E-state index contributed by atoms with van der Waals surface area (Å²) in [6.45, 7) is 2.11. The lowest BCUT2D eigenvalue weighted by molar-refractivity contribution is 0.181. The fraction of sp³-hybridized carbons (Fsp3) is 0.571. The molecule has 2 aromatic rings. The van der Waals surface area contributed by atoms with Gasteiger partial charge >= 0.3 is 11.7 Å². The van der Waals surface area contributed by atoms with Gasteiger partial charge in [-0.15, -0.1) is 0 Å². The maximum absolute atomic E-state index is 12.9. The maximum atomic E-state index is 12.9. The second-order valence-corrected chi connectivity index (χ2v) is 7.91. The minimum Gasteiger partial charge on any atom is -0.497 e. The molecule has 1 aliphatic heterocycles. The van der Waals surface area contributed by atoms with Crippen molar-refractivity contribution in [2.75, 3.05) is 39.2 Å². The highest BCUT2D eigenvalue weighted by Gasteiger charge is 2.35. The molecule has 4 rings (SSSR count). The van der Waals surface area contributed by atoms with E-state index in [1.54, 1.807) is 20.3 Å². The van der Waals surface area contributed by atoms with E-state index in [9.17, 15) is 9.59 Å². The Balaban J connectivity index is 1.49. The SMILES string of the molecule is COCCn1nc(C2CCCN(C(=O)Nc3cccc(OC)c3)C2)n(C2CC2)c1=O. The van der Waals surface area contributed by atoms with Crippen LogP contribution in [0.2, 0.25) is 0 Å². The lowest BCUT2D eigenvalue weighted by Gasteiger charge is -2.32. The third-order valence-electron chi connectivity index (χ3n) is 5.71. The van der Waals surface area contributed by atoms with Crippen molar-refractivity contribution in [2.45, 2.75) is 44.2 Å². The Bertz CT molecular complexity index is 949. The first kappa shape index (κ1) is 20.5. The molecule has 2 heterocycles. The van der Waals surface area contributed by atoms with Crippen molar-refractivity contribution in [3.05, 3.63) is 40.6 Å². The Morgan fingerprint density at radius 1 is 1.27 bits per heavy atom. The van der Waals surface area contributed by atoms with Gasteiger partial charge in [0.2, 0.25) is 0 Å². The summed E-state index contributed by atoms with van der Waals surface area (Å²) in [5.41, 5.74) is 0.628. The van der Waals surface area contributed by atoms with E-state index in [0.717, 1.165) is 31.5 Å². The van der Waals surface area contributed by atoms with Gasteiger partial charge in [-0.25, -0.2) is 14.3 Å². The van der Waals surface area contributed by atoms with Gasteiger partial charge in [-0.2, -0.15) is 5.10 Å². The van der Waals surface area contributed by atoms with Gasteiger partial charge < -0.3 is 19.7 Å². The summed E-state index contributed by atoms with van der Waals surface area (Å²) in [5.74, 6) is 1.55. The molecule has 1 aromatic carbocycles. The number of piperidine rings is 1. The number of aromatic nitrogens is 3. The predicted octanol–water partition coefficient (Wildman–Crippen LogP) is 2.45. The number of methoxy groups -OCH3 is 2. The van der Waals surface area contributed by atoms with Crippen molar-refractivity contribution >= 4 is 11.7 Å². The Morgan fingerprint density at radius 2 is 2.10 bits per heavy atom. The monoisotopic (exact) mass is 415 g/mol. The number of hydrogen-bond acceptors (Lipinski definition) is 5. The van der Waals surface area contributed by atoms with Crippen LogP contribution >= 0.6 is 0 Å². The molecule has 9 nitrogen and oxygen atoms in total. The molecule has 1 unspecified atom stereocenters. The van der Waals surface area contributed by atoms with E-state index >= 15 is 0 Å². The molecule has 1 saturated carbocycles. The second-order valence-electron chi connectivity index (χ2n) is 7.91. The summed E-state index contributed by atoms with van der Waals surface area (Å²) in [6, 6.07) is 7.40. The molecule has 0 radical (unpaired) electrons. The highest BCUT2D eigenvalue weighted by Crippen LogP contribution is 2.37. The van der Waals surface area contributed by atoms with Crippen LogP contribution in [0.15, 0.2) is 29.1 Å². The van der Waals surface area contributed by atoms with Crippen LogP contribution in [0, 0.1) is 0 Å². The number of nitrogens with zero attached hydrogens (tertiary/aromatic N) is 4. The topological polar surface area (TPSA) is 90.6 Å². The molecule has 1 aromatic heterocycles. The largest absolute Gasteiger partial charge is 0.497 e. The standard InChI is InChI=1S/C21H29N5O4/c1-29-12-11-25-21(28)26(17-8-9-17)19(23-25)15-5-4-10-24(14-15)20(27)22-16-6-3-7-18(13-16)30-2/h3,6-7,13,15,17H,4-5,8-12,14H2,1-2H3,(H,22,27). The fourth-order valence-electron chi connectivity index (χ4n) is 3.99. The molecule has 162 valence electrons. The quantitative estimate of drug-likeness (QED) is 0.750. The summed E-state index contributed by atoms with van der Waals surface area (Å²) in [6.07, 6.45) is 3.81. The number of amides is 2. The Kier molecular flexibility index (Phi) is 6.08. The van der Waals surface area contributed by atoms with E-state index in [4.69, 9.17) is 9.47 Å². The first-order valence-corrected chi connectivity index (χ1v) is 10.5. The van der Waals surface area contributed by atoms with Crippen LogP contribution in [0.25, 0.3) is 0 Å². The van der Waals surface area contributed by atoms with Crippen molar-refractivity contribution in [3.8, 4) is 5.75 Å². The lowest BCUT2D eigenvalue weighted by atomic mass is 9.97. The first-order chi connectivity index (χ1) is 14.6. The highest BCUT2D eigenvalue weighted by molar-refractivity contribution is 5.89. The van der Waals surface area contributed by atoms with E-state index in [1.807, 2.05) is 27.7 Å². The highest BCUT2D eigenvalue weighted by atomic mass is 16.5. The molecular weight excluding hydrogens is 386 g/mol. The summed E-state index contributed by atoms with van der Waals surface area (Å²) >= 11 is 0. The van der Waals surface area contributed by atoms with E-state index in [2.05, 4.69) is 10.4 Å². The minimum absolute atomic E-state index is 0.0481. The number of hydrogen-bond donors (Lipinski definition) is 1. The smallest absolute Gasteiger partial charge is 0.346 e. The van der Waals surface area contributed by atoms with Gasteiger partial charge in [-0.05, 0) is 37.8 Å². The van der Waals surface area contributed by atoms with Crippen molar-refractivity contribution in [3.63, 3.8) is 0 Å². The average molecular weight is 415 g/mol. The van der Waals surface area contributed by atoms with E-state index in [1.165, 1.54) is 4.68 Å². The van der Waals surface area contributed by atoms with Crippen LogP contribution in [0.3, 0.4) is 0 Å². The molecule has 1 saturated heterocycles. The number of ether oxygens (including phenoxy) is 2. The van der Waals surface area contributed by atoms with Gasteiger partial charge in [0.1, 0.15) is 11.6 Å². The van der Waals surface area contributed by atoms with Crippen LogP contribution in [0.4, 0.5) is 10.5 Å². The van der Waals surface area contributed by atoms with Gasteiger partial charge in [-0.3, -0.25) is 4.57 Å². The zero-order chi connectivity index (χ0) is 21.1. The van der Waals surface area contributed by atoms with Gasteiger partial charge in [0.25, 0.3) is 0 Å². The molecule has 1 N–H and O–H groups in total. The molecule has 2 amide bonds. The summed E-state index contributed by atoms with van der Waals surface area (Å²) in [7, 11) is 3.21. The lowest BCUT2D eigenvalue weighted by Crippen LogP contribution is -2.42. The number of carbonyl (C=O) groups is 1. The Hall–Kier alpha value is -2.81. The van der Waals surface area contributed by atoms with Gasteiger partial charge in [0.15, 0.2) is 0 Å². The van der Waals surface area contributed by atoms with Gasteiger partial charge in [-0.1, -0.05) is 6.07 Å². The molecule has 1 atom stereocenters. The third kappa shape index (κ3) is 4.35. The van der Waals surface area contributed by atoms with Crippen molar-refractivity contribution in [2.24, 2.45) is 0 Å². The molecule has 2 fully saturated rings. The number of rotatable bonds is 7. The zero-order valence-corrected chi connectivity index (χ0v) is 17.5. The Labute approximate surface area is 175 Å². The average Bonchev–Trinajstić information content (AvgIpc) is 3.55. The predicted molar refractivity (Wildman–Crippen MR) is 112 cm³/mol. The number of benzene rings is 1. The van der Waals surface area contributed by atoms with Crippen LogP contribution in [0.1, 0.15) is 43.5 Å². The number of urea groups is 1. The van der Waals surface area contributed by atoms with Crippen molar-refractivity contribution < 1.29 is 14.3 Å². The maximum Gasteiger partial charge on any atom is 0.346 e. The van der Waals surface area contributed by atoms with Crippen LogP contribution < -0.4 is 15.7 Å². The van der Waals surface area contributed by atoms with E-state index in [-0.39, 0.29) is 23.7 Å². The number of anilines is 1. The first-order valence-electron chi connectivity index (χ1n) is 10.5. The normalized spacial score (nSPS) is 19.0. The van der Waals surface area contributed by atoms with Crippen LogP contribution in [-0.2, 0) is 11.3 Å². The third-order valence-corrected chi connectivity index (χ3v) is 5.71. The molecule has 9 heteroatoms. The minimum atomic E-state index is -0.146. The van der Waals surface area contributed by atoms with Gasteiger partial charge in [0.05, 0.1) is 20.3 Å². The van der Waals surface area contributed by atoms with E-state index < -0.39 is 0 Å². The summed E-state index contributed by atoms with van der Waals surface area (Å²) in [4.78, 5) is 27.5. The van der Waals surface area contributed by atoms with E-state index in [0.29, 0.717) is 37.7 Å². The number of likely N-dealkylation sites (tertiary alicyclic amines) is 1. The molecular formula is C21H29N5O4. The molecule has 30 heavy (non-hydrogen) atoms. The molecule has 1 aliphatic carbocycles. The van der Waals surface area contributed by atoms with Crippen LogP contribution in [-0.4, -0.2) is 59.2 Å². The summed E-state index contributed by atoms with van der Waals surface area (Å²) < 4.78 is 13.7. The number of nitrogens with one attached hydrogen (secondary N) is 1. The van der Waals surface area contributed by atoms with Crippen molar-refractivity contribution in [1.29, 1.82) is 0 Å². The number of carbonyl (C=O) groups excluding carboxylic acids is 1. The van der Waals surface area contributed by atoms with Gasteiger partial charge in [0, 0.05) is 43.9 Å². The Morgan fingerprint density at radius 3 is 2.83 bits per heavy atom. The fourth-order valence-corrected chi connectivity index (χ4v) is 3.99. The van der Waals surface area contributed by atoms with Crippen molar-refractivity contribution in [1.82, 2.24) is 19.2 Å². The molecule has 2 aliphatic rings. The van der Waals surface area contributed by atoms with Crippen LogP contribution in [0.5, 0.6) is 5.75 Å². The summed E-state index contributed by atoms with van der Waals surface area (Å²) in [5, 5.41) is 7.59. The second kappa shape index (κ2) is 8.91. The zero-order valence-electron chi connectivity index (χ0n) is 17.5. The molecule has 0 bridgehead atoms.